The minimum Gasteiger partial charge on any atom is -0.463 e. The molecule has 172 valence electrons. The first-order chi connectivity index (χ1) is 15.3. The number of carboxylic acid groups (broad SMARTS) is 1. The Labute approximate surface area is 203 Å². The van der Waals surface area contributed by atoms with Crippen LogP contribution in [0.5, 0.6) is 0 Å². The van der Waals surface area contributed by atoms with Gasteiger partial charge in [0.15, 0.2) is 0 Å². The Bertz CT molecular complexity index is 1300. The molecule has 10 heteroatoms. The van der Waals surface area contributed by atoms with Crippen LogP contribution in [0.15, 0.2) is 24.3 Å². The van der Waals surface area contributed by atoms with Gasteiger partial charge in [0, 0.05) is 30.1 Å². The van der Waals surface area contributed by atoms with Crippen molar-refractivity contribution in [3.05, 3.63) is 50.5 Å². The van der Waals surface area contributed by atoms with E-state index in [1.807, 2.05) is 28.7 Å². The molecule has 0 fully saturated rings. The molecule has 33 heavy (non-hydrogen) atoms. The van der Waals surface area contributed by atoms with Crippen LogP contribution in [0.1, 0.15) is 37.5 Å². The van der Waals surface area contributed by atoms with E-state index in [0.717, 1.165) is 4.68 Å². The summed E-state index contributed by atoms with van der Waals surface area (Å²) in [7, 11) is 1.57. The third-order valence-electron chi connectivity index (χ3n) is 4.82. The fourth-order valence-corrected chi connectivity index (χ4v) is 4.14. The summed E-state index contributed by atoms with van der Waals surface area (Å²) in [4.78, 5) is 25.0. The first kappa shape index (κ1) is 24.4. The van der Waals surface area contributed by atoms with E-state index in [2.05, 4.69) is 5.10 Å². The lowest BCUT2D eigenvalue weighted by Crippen LogP contribution is -2.33. The minimum atomic E-state index is -1.28. The molecule has 1 N–H and O–H groups in total. The number of halogens is 2. The number of benzene rings is 2. The summed E-state index contributed by atoms with van der Waals surface area (Å²) in [6, 6.07) is 8.08. The highest BCUT2D eigenvalue weighted by Crippen LogP contribution is 2.35. The minimum absolute atomic E-state index is 0.127. The van der Waals surface area contributed by atoms with Gasteiger partial charge in [0.1, 0.15) is 15.1 Å². The van der Waals surface area contributed by atoms with E-state index >= 15 is 4.39 Å². The van der Waals surface area contributed by atoms with Gasteiger partial charge >= 0.3 is 12.2 Å². The molecule has 3 aromatic rings. The number of amides is 1. The topological polar surface area (TPSA) is 108 Å². The first-order valence-electron chi connectivity index (χ1n) is 9.91. The van der Waals surface area contributed by atoms with Crippen LogP contribution in [-0.4, -0.2) is 44.6 Å². The van der Waals surface area contributed by atoms with Crippen LogP contribution < -0.4 is 0 Å². The number of carbonyl (C=O) groups excluding carboxylic acids is 1. The van der Waals surface area contributed by atoms with Crippen LogP contribution in [0.4, 0.5) is 14.0 Å². The number of aromatic nitrogens is 2. The molecule has 0 saturated carbocycles. The quantitative estimate of drug-likeness (QED) is 0.420. The molecule has 0 aliphatic carbocycles. The van der Waals surface area contributed by atoms with Crippen molar-refractivity contribution in [2.75, 3.05) is 7.05 Å². The molecule has 0 atom stereocenters. The number of hydrogen-bond donors (Lipinski definition) is 1. The van der Waals surface area contributed by atoms with Gasteiger partial charge in [0.25, 0.3) is 0 Å². The van der Waals surface area contributed by atoms with Crippen LogP contribution in [0, 0.1) is 27.8 Å². The zero-order chi connectivity index (χ0) is 24.7. The Balaban J connectivity index is 2.04. The van der Waals surface area contributed by atoms with Gasteiger partial charge in [0.2, 0.25) is 0 Å². The highest BCUT2D eigenvalue weighted by atomic mass is 127. The Morgan fingerprint density at radius 2 is 1.97 bits per heavy atom. The second-order valence-electron chi connectivity index (χ2n) is 8.62. The fourth-order valence-electron chi connectivity index (χ4n) is 3.50. The number of nitrogens with zero attached hydrogens (tertiary/aromatic N) is 4. The molecule has 1 amide bonds. The zero-order valence-electron chi connectivity index (χ0n) is 18.7. The number of rotatable bonds is 3. The zero-order valence-corrected chi connectivity index (χ0v) is 20.9. The van der Waals surface area contributed by atoms with Gasteiger partial charge in [-0.2, -0.15) is 15.0 Å². The van der Waals surface area contributed by atoms with Crippen molar-refractivity contribution < 1.29 is 23.8 Å². The number of ether oxygens (including phenoxy) is 1. The SMILES string of the molecule is Cc1cc(CN(C)C(=O)OC(C)(C)C)cc(F)c1-c1cc2c(I)nn(C(=O)O)c2cc1C#N. The third-order valence-corrected chi connectivity index (χ3v) is 5.61. The Morgan fingerprint density at radius 3 is 2.52 bits per heavy atom. The molecule has 0 unspecified atom stereocenters. The Kier molecular flexibility index (Phi) is 6.65. The van der Waals surface area contributed by atoms with Gasteiger partial charge in [-0.15, -0.1) is 0 Å². The summed E-state index contributed by atoms with van der Waals surface area (Å²) in [6.07, 6.45) is -1.80. The second kappa shape index (κ2) is 8.97. The molecular weight excluding hydrogens is 542 g/mol. The van der Waals surface area contributed by atoms with E-state index in [-0.39, 0.29) is 23.2 Å². The number of fused-ring (bicyclic) bond motifs is 1. The number of aryl methyl sites for hydroxylation is 1. The van der Waals surface area contributed by atoms with E-state index in [4.69, 9.17) is 4.74 Å². The third kappa shape index (κ3) is 5.08. The van der Waals surface area contributed by atoms with Gasteiger partial charge in [-0.1, -0.05) is 6.07 Å². The van der Waals surface area contributed by atoms with E-state index < -0.39 is 23.6 Å². The molecule has 0 aliphatic heterocycles. The number of nitriles is 1. The monoisotopic (exact) mass is 564 g/mol. The Morgan fingerprint density at radius 1 is 1.30 bits per heavy atom. The fraction of sp³-hybridized carbons (Fsp3) is 0.304. The van der Waals surface area contributed by atoms with Crippen molar-refractivity contribution in [2.24, 2.45) is 0 Å². The van der Waals surface area contributed by atoms with Crippen LogP contribution in [0.25, 0.3) is 22.0 Å². The molecule has 0 saturated heterocycles. The molecule has 0 radical (unpaired) electrons. The van der Waals surface area contributed by atoms with Crippen LogP contribution >= 0.6 is 22.6 Å². The van der Waals surface area contributed by atoms with Crippen molar-refractivity contribution in [3.8, 4) is 17.2 Å². The molecule has 0 bridgehead atoms. The van der Waals surface area contributed by atoms with Gasteiger partial charge < -0.3 is 14.7 Å². The maximum Gasteiger partial charge on any atom is 0.432 e. The van der Waals surface area contributed by atoms with Gasteiger partial charge in [-0.05, 0) is 79.6 Å². The van der Waals surface area contributed by atoms with Crippen molar-refractivity contribution in [1.29, 1.82) is 5.26 Å². The summed E-state index contributed by atoms with van der Waals surface area (Å²) in [5, 5.41) is 23.5. The average molecular weight is 564 g/mol. The van der Waals surface area contributed by atoms with Gasteiger partial charge in [0.05, 0.1) is 17.1 Å². The molecule has 1 heterocycles. The molecule has 3 rings (SSSR count). The lowest BCUT2D eigenvalue weighted by molar-refractivity contribution is 0.0285. The predicted molar refractivity (Wildman–Crippen MR) is 128 cm³/mol. The van der Waals surface area contributed by atoms with Crippen LogP contribution in [-0.2, 0) is 11.3 Å². The average Bonchev–Trinajstić information content (AvgIpc) is 3.01. The van der Waals surface area contributed by atoms with Crippen molar-refractivity contribution >= 4 is 45.7 Å². The summed E-state index contributed by atoms with van der Waals surface area (Å²) in [5.41, 5.74) is 1.44. The maximum absolute atomic E-state index is 15.3. The smallest absolute Gasteiger partial charge is 0.432 e. The van der Waals surface area contributed by atoms with E-state index in [9.17, 15) is 20.0 Å². The van der Waals surface area contributed by atoms with E-state index in [1.165, 1.54) is 17.0 Å². The van der Waals surface area contributed by atoms with Gasteiger partial charge in [-0.3, -0.25) is 0 Å². The first-order valence-corrected chi connectivity index (χ1v) is 11.0. The van der Waals surface area contributed by atoms with Crippen molar-refractivity contribution in [3.63, 3.8) is 0 Å². The highest BCUT2D eigenvalue weighted by molar-refractivity contribution is 14.1. The van der Waals surface area contributed by atoms with Crippen LogP contribution in [0.3, 0.4) is 0 Å². The summed E-state index contributed by atoms with van der Waals surface area (Å²) >= 11 is 1.90. The molecule has 8 nitrogen and oxygen atoms in total. The second-order valence-corrected chi connectivity index (χ2v) is 9.64. The van der Waals surface area contributed by atoms with E-state index in [1.54, 1.807) is 46.9 Å². The predicted octanol–water partition coefficient (Wildman–Crippen LogP) is 5.52. The summed E-state index contributed by atoms with van der Waals surface area (Å²) < 4.78 is 21.9. The van der Waals surface area contributed by atoms with Crippen molar-refractivity contribution in [1.82, 2.24) is 14.7 Å². The lowest BCUT2D eigenvalue weighted by Gasteiger charge is -2.25. The maximum atomic E-state index is 15.3. The van der Waals surface area contributed by atoms with Crippen LogP contribution in [0.2, 0.25) is 0 Å². The van der Waals surface area contributed by atoms with Crippen molar-refractivity contribution in [2.45, 2.75) is 39.8 Å². The van der Waals surface area contributed by atoms with Gasteiger partial charge in [-0.25, -0.2) is 14.0 Å². The van der Waals surface area contributed by atoms with E-state index in [0.29, 0.717) is 25.8 Å². The molecule has 1 aromatic heterocycles. The molecule has 0 spiro atoms. The molecule has 0 aliphatic rings. The number of hydrogen-bond acceptors (Lipinski definition) is 5. The summed E-state index contributed by atoms with van der Waals surface area (Å²) in [5.74, 6) is -0.556. The summed E-state index contributed by atoms with van der Waals surface area (Å²) in [6.45, 7) is 7.15. The molecular formula is C23H22FIN4O4. The normalized spacial score (nSPS) is 11.3. The Hall–Kier alpha value is -3.20. The largest absolute Gasteiger partial charge is 0.463 e. The standard InChI is InChI=1S/C23H22FIN4O4/c1-12-6-13(11-28(5)22(32)33-23(2,3)4)7-17(24)19(12)15-9-16-18(8-14(15)10-26)29(21(30)31)27-20(16)25/h6-9H,11H2,1-5H3,(H,30,31). The number of carbonyl (C=O) groups is 2. The molecule has 2 aromatic carbocycles. The lowest BCUT2D eigenvalue weighted by atomic mass is 9.93. The highest BCUT2D eigenvalue weighted by Gasteiger charge is 2.22.